The standard InChI is InChI=1S/C16H15F3OSi/c1-10-4-7-14-13(8-10)12-6-5-11(20-16(17,18)19)9-15(12)21(14,2)3/h4-9H,1-3H3. The molecule has 110 valence electrons. The minimum absolute atomic E-state index is 0.133. The van der Waals surface area contributed by atoms with Gasteiger partial charge in [0.05, 0.1) is 0 Å². The molecule has 5 heteroatoms. The molecule has 1 aliphatic rings. The van der Waals surface area contributed by atoms with Crippen LogP contribution in [-0.2, 0) is 0 Å². The fraction of sp³-hybridized carbons (Fsp3) is 0.250. The van der Waals surface area contributed by atoms with Gasteiger partial charge in [0.2, 0.25) is 0 Å². The second-order valence-electron chi connectivity index (χ2n) is 5.93. The van der Waals surface area contributed by atoms with Crippen molar-refractivity contribution in [3.8, 4) is 16.9 Å². The molecule has 0 radical (unpaired) electrons. The Morgan fingerprint density at radius 1 is 0.905 bits per heavy atom. The predicted molar refractivity (Wildman–Crippen MR) is 80.0 cm³/mol. The van der Waals surface area contributed by atoms with Gasteiger partial charge in [0.15, 0.2) is 0 Å². The smallest absolute Gasteiger partial charge is 0.406 e. The number of benzene rings is 2. The first-order chi connectivity index (χ1) is 9.68. The van der Waals surface area contributed by atoms with Crippen molar-refractivity contribution in [2.45, 2.75) is 26.4 Å². The Hall–Kier alpha value is -1.75. The van der Waals surface area contributed by atoms with Crippen LogP contribution < -0.4 is 15.1 Å². The van der Waals surface area contributed by atoms with Gasteiger partial charge in [-0.15, -0.1) is 13.2 Å². The first-order valence-electron chi connectivity index (χ1n) is 6.70. The van der Waals surface area contributed by atoms with Crippen LogP contribution in [-0.4, -0.2) is 14.4 Å². The number of hydrogen-bond donors (Lipinski definition) is 0. The average molecular weight is 308 g/mol. The highest BCUT2D eigenvalue weighted by Crippen LogP contribution is 2.32. The Morgan fingerprint density at radius 3 is 2.29 bits per heavy atom. The van der Waals surface area contributed by atoms with E-state index < -0.39 is 14.4 Å². The zero-order chi connectivity index (χ0) is 15.4. The topological polar surface area (TPSA) is 9.23 Å². The molecule has 0 unspecified atom stereocenters. The van der Waals surface area contributed by atoms with Crippen LogP contribution in [0.4, 0.5) is 13.2 Å². The summed E-state index contributed by atoms with van der Waals surface area (Å²) in [6.07, 6.45) is -4.65. The van der Waals surface area contributed by atoms with E-state index in [1.54, 1.807) is 12.1 Å². The fourth-order valence-electron chi connectivity index (χ4n) is 3.04. The number of halogens is 3. The van der Waals surface area contributed by atoms with Gasteiger partial charge in [-0.3, -0.25) is 0 Å². The number of hydrogen-bond acceptors (Lipinski definition) is 1. The summed E-state index contributed by atoms with van der Waals surface area (Å²) >= 11 is 0. The molecular formula is C16H15F3OSi. The molecule has 2 aromatic carbocycles. The molecule has 0 spiro atoms. The summed E-state index contributed by atoms with van der Waals surface area (Å²) in [5.41, 5.74) is 3.35. The first-order valence-corrected chi connectivity index (χ1v) is 9.70. The van der Waals surface area contributed by atoms with Crippen LogP contribution in [0.3, 0.4) is 0 Å². The van der Waals surface area contributed by atoms with E-state index in [-0.39, 0.29) is 5.75 Å². The third kappa shape index (κ3) is 2.35. The normalized spacial score (nSPS) is 15.5. The van der Waals surface area contributed by atoms with E-state index in [1.165, 1.54) is 11.3 Å². The summed E-state index contributed by atoms with van der Waals surface area (Å²) in [7, 11) is -1.96. The van der Waals surface area contributed by atoms with Gasteiger partial charge in [0.25, 0.3) is 0 Å². The van der Waals surface area contributed by atoms with Gasteiger partial charge in [0.1, 0.15) is 13.8 Å². The number of rotatable bonds is 1. The molecule has 0 N–H and O–H groups in total. The Morgan fingerprint density at radius 2 is 1.62 bits per heavy atom. The molecular weight excluding hydrogens is 293 g/mol. The molecule has 0 aromatic heterocycles. The summed E-state index contributed by atoms with van der Waals surface area (Å²) in [5.74, 6) is -0.133. The third-order valence-electron chi connectivity index (χ3n) is 4.04. The Labute approximate surface area is 122 Å². The van der Waals surface area contributed by atoms with Crippen LogP contribution in [0.1, 0.15) is 5.56 Å². The van der Waals surface area contributed by atoms with Crippen molar-refractivity contribution in [3.63, 3.8) is 0 Å². The number of alkyl halides is 3. The maximum absolute atomic E-state index is 12.4. The van der Waals surface area contributed by atoms with Crippen LogP contribution in [0.5, 0.6) is 5.75 Å². The van der Waals surface area contributed by atoms with E-state index in [4.69, 9.17) is 0 Å². The Kier molecular flexibility index (Phi) is 2.95. The third-order valence-corrected chi connectivity index (χ3v) is 7.58. The lowest BCUT2D eigenvalue weighted by Crippen LogP contribution is -2.49. The van der Waals surface area contributed by atoms with Crippen molar-refractivity contribution in [1.29, 1.82) is 0 Å². The summed E-state index contributed by atoms with van der Waals surface area (Å²) in [4.78, 5) is 0. The van der Waals surface area contributed by atoms with Crippen LogP contribution in [0.2, 0.25) is 13.1 Å². The Balaban J connectivity index is 2.14. The van der Waals surface area contributed by atoms with Crippen molar-refractivity contribution in [1.82, 2.24) is 0 Å². The highest BCUT2D eigenvalue weighted by Gasteiger charge is 2.38. The molecule has 21 heavy (non-hydrogen) atoms. The van der Waals surface area contributed by atoms with Gasteiger partial charge in [-0.2, -0.15) is 0 Å². The monoisotopic (exact) mass is 308 g/mol. The largest absolute Gasteiger partial charge is 0.573 e. The summed E-state index contributed by atoms with van der Waals surface area (Å²) in [6.45, 7) is 6.34. The van der Waals surface area contributed by atoms with E-state index >= 15 is 0 Å². The highest BCUT2D eigenvalue weighted by atomic mass is 28.3. The van der Waals surface area contributed by atoms with E-state index in [2.05, 4.69) is 36.0 Å². The molecule has 0 fully saturated rings. The molecule has 1 nitrogen and oxygen atoms in total. The molecule has 1 aliphatic heterocycles. The van der Waals surface area contributed by atoms with Crippen molar-refractivity contribution in [2.24, 2.45) is 0 Å². The molecule has 0 amide bonds. The van der Waals surface area contributed by atoms with E-state index in [1.807, 2.05) is 6.92 Å². The van der Waals surface area contributed by atoms with Crippen LogP contribution >= 0.6 is 0 Å². The highest BCUT2D eigenvalue weighted by molar-refractivity contribution is 7.03. The van der Waals surface area contributed by atoms with Crippen molar-refractivity contribution in [2.75, 3.05) is 0 Å². The van der Waals surface area contributed by atoms with Gasteiger partial charge in [-0.1, -0.05) is 42.9 Å². The number of ether oxygens (including phenoxy) is 1. The van der Waals surface area contributed by atoms with E-state index in [9.17, 15) is 13.2 Å². The van der Waals surface area contributed by atoms with Gasteiger partial charge < -0.3 is 4.74 Å². The van der Waals surface area contributed by atoms with Gasteiger partial charge in [-0.05, 0) is 40.6 Å². The van der Waals surface area contributed by atoms with Crippen molar-refractivity contribution < 1.29 is 17.9 Å². The quantitative estimate of drug-likeness (QED) is 0.730. The number of fused-ring (bicyclic) bond motifs is 3. The van der Waals surface area contributed by atoms with Crippen LogP contribution in [0.15, 0.2) is 36.4 Å². The molecule has 0 saturated carbocycles. The Bertz CT molecular complexity index is 720. The van der Waals surface area contributed by atoms with Gasteiger partial charge >= 0.3 is 6.36 Å². The fourth-order valence-corrected chi connectivity index (χ4v) is 6.11. The van der Waals surface area contributed by atoms with Crippen LogP contribution in [0, 0.1) is 6.92 Å². The number of aryl methyl sites for hydroxylation is 1. The molecule has 2 aromatic rings. The summed E-state index contributed by atoms with van der Waals surface area (Å²) in [5, 5.41) is 2.28. The average Bonchev–Trinajstić information content (AvgIpc) is 2.56. The predicted octanol–water partition coefficient (Wildman–Crippen LogP) is 3.70. The van der Waals surface area contributed by atoms with Crippen LogP contribution in [0.25, 0.3) is 11.1 Å². The lowest BCUT2D eigenvalue weighted by Gasteiger charge is -2.19. The van der Waals surface area contributed by atoms with Gasteiger partial charge in [-0.25, -0.2) is 0 Å². The van der Waals surface area contributed by atoms with E-state index in [0.29, 0.717) is 0 Å². The zero-order valence-electron chi connectivity index (χ0n) is 12.0. The molecule has 0 aliphatic carbocycles. The minimum Gasteiger partial charge on any atom is -0.406 e. The second-order valence-corrected chi connectivity index (χ2v) is 10.3. The molecule has 0 atom stereocenters. The summed E-state index contributed by atoms with van der Waals surface area (Å²) < 4.78 is 41.2. The molecule has 1 heterocycles. The molecule has 0 saturated heterocycles. The minimum atomic E-state index is -4.65. The second kappa shape index (κ2) is 4.37. The van der Waals surface area contributed by atoms with Crippen molar-refractivity contribution in [3.05, 3.63) is 42.0 Å². The van der Waals surface area contributed by atoms with E-state index in [0.717, 1.165) is 21.9 Å². The lowest BCUT2D eigenvalue weighted by molar-refractivity contribution is -0.274. The van der Waals surface area contributed by atoms with Crippen molar-refractivity contribution >= 4 is 18.4 Å². The van der Waals surface area contributed by atoms with Gasteiger partial charge in [0, 0.05) is 0 Å². The lowest BCUT2D eigenvalue weighted by atomic mass is 10.0. The zero-order valence-corrected chi connectivity index (χ0v) is 13.0. The SMILES string of the molecule is Cc1ccc2c(c1)-c1ccc(OC(F)(F)F)cc1[Si]2(C)C. The maximum Gasteiger partial charge on any atom is 0.573 e. The first kappa shape index (κ1) is 14.2. The molecule has 0 bridgehead atoms. The summed E-state index contributed by atoms with van der Waals surface area (Å²) in [6, 6.07) is 11.0. The maximum atomic E-state index is 12.4. The molecule has 3 rings (SSSR count).